The second-order valence-electron chi connectivity index (χ2n) is 4.19. The first-order chi connectivity index (χ1) is 8.40. The van der Waals surface area contributed by atoms with Gasteiger partial charge in [-0.25, -0.2) is 0 Å². The molecule has 3 nitrogen and oxygen atoms in total. The molecule has 0 heterocycles. The van der Waals surface area contributed by atoms with Crippen LogP contribution in [0.1, 0.15) is 11.1 Å². The van der Waals surface area contributed by atoms with Crippen LogP contribution in [-0.2, 0) is 11.2 Å². The minimum atomic E-state index is -4.30. The van der Waals surface area contributed by atoms with Gasteiger partial charge in [0.15, 0.2) is 0 Å². The fourth-order valence-corrected chi connectivity index (χ4v) is 1.61. The summed E-state index contributed by atoms with van der Waals surface area (Å²) in [4.78, 5) is 0. The van der Waals surface area contributed by atoms with Crippen LogP contribution >= 0.6 is 0 Å². The molecule has 1 aromatic carbocycles. The van der Waals surface area contributed by atoms with Crippen LogP contribution < -0.4 is 11.3 Å². The largest absolute Gasteiger partial charge is 0.411 e. The topological polar surface area (TPSA) is 47.3 Å². The summed E-state index contributed by atoms with van der Waals surface area (Å²) < 4.78 is 40.3. The molecular weight excluding hydrogens is 245 g/mol. The number of aryl methyl sites for hydroxylation is 1. The molecule has 6 heteroatoms. The molecule has 0 aromatic heterocycles. The summed E-state index contributed by atoms with van der Waals surface area (Å²) in [6.45, 7) is 0.623. The Bertz CT molecular complexity index is 369. The lowest BCUT2D eigenvalue weighted by Gasteiger charge is -2.17. The van der Waals surface area contributed by atoms with Gasteiger partial charge in [-0.15, -0.1) is 0 Å². The monoisotopic (exact) mass is 262 g/mol. The summed E-state index contributed by atoms with van der Waals surface area (Å²) in [7, 11) is 0. The van der Waals surface area contributed by atoms with Crippen molar-refractivity contribution in [2.75, 3.05) is 13.2 Å². The average Bonchev–Trinajstić information content (AvgIpc) is 2.26. The fourth-order valence-electron chi connectivity index (χ4n) is 1.61. The Morgan fingerprint density at radius 1 is 1.39 bits per heavy atom. The first-order valence-electron chi connectivity index (χ1n) is 5.57. The molecule has 0 aliphatic heterocycles. The average molecular weight is 262 g/mol. The Hall–Kier alpha value is -1.11. The smallest absolute Gasteiger partial charge is 0.370 e. The molecule has 0 aliphatic rings. The van der Waals surface area contributed by atoms with E-state index in [0.717, 1.165) is 11.1 Å². The third-order valence-corrected chi connectivity index (χ3v) is 2.39. The predicted molar refractivity (Wildman–Crippen MR) is 62.9 cm³/mol. The summed E-state index contributed by atoms with van der Waals surface area (Å²) in [5, 5.41) is 0. The highest BCUT2D eigenvalue weighted by Gasteiger charge is 2.27. The Morgan fingerprint density at radius 3 is 2.67 bits per heavy atom. The molecule has 0 spiro atoms. The Morgan fingerprint density at radius 2 is 2.11 bits per heavy atom. The molecule has 0 bridgehead atoms. The van der Waals surface area contributed by atoms with Gasteiger partial charge in [0.05, 0.1) is 6.61 Å². The summed E-state index contributed by atoms with van der Waals surface area (Å²) >= 11 is 0. The van der Waals surface area contributed by atoms with Gasteiger partial charge in [-0.1, -0.05) is 29.8 Å². The van der Waals surface area contributed by atoms with Gasteiger partial charge >= 0.3 is 6.18 Å². The Kier molecular flexibility index (Phi) is 5.58. The fraction of sp³-hybridized carbons (Fsp3) is 0.500. The Balaban J connectivity index is 2.42. The van der Waals surface area contributed by atoms with Crippen molar-refractivity contribution >= 4 is 0 Å². The van der Waals surface area contributed by atoms with E-state index in [0.29, 0.717) is 6.42 Å². The number of hydrazine groups is 1. The molecule has 1 atom stereocenters. The maximum atomic E-state index is 11.9. The predicted octanol–water partition coefficient (Wildman–Crippen LogP) is 1.95. The number of rotatable bonds is 6. The molecule has 0 radical (unpaired) electrons. The van der Waals surface area contributed by atoms with E-state index in [1.54, 1.807) is 0 Å². The van der Waals surface area contributed by atoms with E-state index in [4.69, 9.17) is 5.84 Å². The van der Waals surface area contributed by atoms with Crippen LogP contribution in [-0.4, -0.2) is 25.4 Å². The number of nitrogens with one attached hydrogen (secondary N) is 1. The lowest BCUT2D eigenvalue weighted by Crippen LogP contribution is -2.41. The van der Waals surface area contributed by atoms with Gasteiger partial charge < -0.3 is 4.74 Å². The highest BCUT2D eigenvalue weighted by Crippen LogP contribution is 2.15. The highest BCUT2D eigenvalue weighted by atomic mass is 19.4. The molecule has 18 heavy (non-hydrogen) atoms. The maximum absolute atomic E-state index is 11.9. The number of halogens is 3. The second-order valence-corrected chi connectivity index (χ2v) is 4.19. The van der Waals surface area contributed by atoms with Crippen LogP contribution in [0.15, 0.2) is 24.3 Å². The van der Waals surface area contributed by atoms with Crippen LogP contribution in [0.3, 0.4) is 0 Å². The summed E-state index contributed by atoms with van der Waals surface area (Å²) in [5.41, 5.74) is 4.57. The van der Waals surface area contributed by atoms with Crippen LogP contribution in [0, 0.1) is 6.92 Å². The minimum Gasteiger partial charge on any atom is -0.370 e. The van der Waals surface area contributed by atoms with Crippen molar-refractivity contribution in [1.29, 1.82) is 0 Å². The lowest BCUT2D eigenvalue weighted by molar-refractivity contribution is -0.175. The lowest BCUT2D eigenvalue weighted by atomic mass is 10.0. The van der Waals surface area contributed by atoms with Gasteiger partial charge in [-0.3, -0.25) is 11.3 Å². The number of ether oxygens (including phenoxy) is 1. The van der Waals surface area contributed by atoms with Gasteiger partial charge in [0.2, 0.25) is 0 Å². The van der Waals surface area contributed by atoms with E-state index in [-0.39, 0.29) is 12.6 Å². The molecular formula is C12H17F3N2O. The molecule has 1 rings (SSSR count). The van der Waals surface area contributed by atoms with Crippen molar-refractivity contribution in [3.8, 4) is 0 Å². The number of alkyl halides is 3. The summed E-state index contributed by atoms with van der Waals surface area (Å²) in [5.74, 6) is 5.30. The summed E-state index contributed by atoms with van der Waals surface area (Å²) in [6.07, 6.45) is -3.78. The van der Waals surface area contributed by atoms with E-state index in [1.165, 1.54) is 0 Å². The van der Waals surface area contributed by atoms with E-state index >= 15 is 0 Å². The molecule has 0 saturated heterocycles. The second kappa shape index (κ2) is 6.72. The first-order valence-corrected chi connectivity index (χ1v) is 5.57. The van der Waals surface area contributed by atoms with Crippen LogP contribution in [0.2, 0.25) is 0 Å². The van der Waals surface area contributed by atoms with Gasteiger partial charge in [-0.05, 0) is 18.9 Å². The molecule has 0 fully saturated rings. The minimum absolute atomic E-state index is 0.0794. The zero-order valence-electron chi connectivity index (χ0n) is 10.1. The van der Waals surface area contributed by atoms with Crippen molar-refractivity contribution in [3.63, 3.8) is 0 Å². The van der Waals surface area contributed by atoms with Gasteiger partial charge in [-0.2, -0.15) is 13.2 Å². The van der Waals surface area contributed by atoms with Crippen molar-refractivity contribution in [3.05, 3.63) is 35.4 Å². The molecule has 0 amide bonds. The quantitative estimate of drug-likeness (QED) is 0.608. The standard InChI is InChI=1S/C12H17F3N2O/c1-9-3-2-4-10(5-9)6-11(17-16)7-18-8-12(13,14)15/h2-5,11,17H,6-8,16H2,1H3. The van der Waals surface area contributed by atoms with E-state index in [1.807, 2.05) is 31.2 Å². The number of benzene rings is 1. The number of nitrogens with two attached hydrogens (primary N) is 1. The van der Waals surface area contributed by atoms with E-state index in [9.17, 15) is 13.2 Å². The Labute approximate surface area is 104 Å². The van der Waals surface area contributed by atoms with Gasteiger partial charge in [0, 0.05) is 6.04 Å². The molecule has 1 aromatic rings. The van der Waals surface area contributed by atoms with E-state index < -0.39 is 12.8 Å². The molecule has 3 N–H and O–H groups in total. The molecule has 102 valence electrons. The van der Waals surface area contributed by atoms with Crippen molar-refractivity contribution in [2.45, 2.75) is 25.6 Å². The maximum Gasteiger partial charge on any atom is 0.411 e. The van der Waals surface area contributed by atoms with E-state index in [2.05, 4.69) is 10.2 Å². The van der Waals surface area contributed by atoms with Crippen molar-refractivity contribution in [1.82, 2.24) is 5.43 Å². The van der Waals surface area contributed by atoms with Crippen LogP contribution in [0.5, 0.6) is 0 Å². The van der Waals surface area contributed by atoms with Crippen molar-refractivity contribution in [2.24, 2.45) is 5.84 Å². The van der Waals surface area contributed by atoms with Crippen LogP contribution in [0.4, 0.5) is 13.2 Å². The SMILES string of the molecule is Cc1cccc(CC(COCC(F)(F)F)NN)c1. The molecule has 1 unspecified atom stereocenters. The third-order valence-electron chi connectivity index (χ3n) is 2.39. The van der Waals surface area contributed by atoms with Crippen LogP contribution in [0.25, 0.3) is 0 Å². The number of hydrogen-bond acceptors (Lipinski definition) is 3. The highest BCUT2D eigenvalue weighted by molar-refractivity contribution is 5.22. The van der Waals surface area contributed by atoms with Gasteiger partial charge in [0.25, 0.3) is 0 Å². The summed E-state index contributed by atoms with van der Waals surface area (Å²) in [6, 6.07) is 7.38. The number of hydrogen-bond donors (Lipinski definition) is 2. The molecule has 0 saturated carbocycles. The zero-order chi connectivity index (χ0) is 13.6. The normalized spacial score (nSPS) is 13.6. The molecule has 0 aliphatic carbocycles. The van der Waals surface area contributed by atoms with Gasteiger partial charge in [0.1, 0.15) is 6.61 Å². The zero-order valence-corrected chi connectivity index (χ0v) is 10.1. The van der Waals surface area contributed by atoms with Crippen molar-refractivity contribution < 1.29 is 17.9 Å². The third kappa shape index (κ3) is 6.00. The first kappa shape index (κ1) is 14.9.